The van der Waals surface area contributed by atoms with Gasteiger partial charge in [0.2, 0.25) is 0 Å². The first-order valence-electron chi connectivity index (χ1n) is 5.99. The lowest BCUT2D eigenvalue weighted by molar-refractivity contribution is 0.625. The van der Waals surface area contributed by atoms with Gasteiger partial charge in [-0.15, -0.1) is 0 Å². The quantitative estimate of drug-likeness (QED) is 0.836. The van der Waals surface area contributed by atoms with Crippen LogP contribution in [0.1, 0.15) is 11.1 Å². The molecule has 0 aromatic heterocycles. The number of benzene rings is 2. The number of aryl methyl sites for hydroxylation is 1. The monoisotopic (exact) mass is 274 g/mol. The van der Waals surface area contributed by atoms with Gasteiger partial charge in [-0.2, -0.15) is 0 Å². The Morgan fingerprint density at radius 3 is 2.68 bits per heavy atom. The van der Waals surface area contributed by atoms with Crippen LogP contribution >= 0.6 is 12.2 Å². The summed E-state index contributed by atoms with van der Waals surface area (Å²) in [6.45, 7) is 2.52. The summed E-state index contributed by atoms with van der Waals surface area (Å²) >= 11 is 5.20. The van der Waals surface area contributed by atoms with Crippen molar-refractivity contribution in [3.63, 3.8) is 0 Å². The average Bonchev–Trinajstić information content (AvgIpc) is 2.36. The number of rotatable bonds is 3. The Kier molecular flexibility index (Phi) is 4.47. The Bertz CT molecular complexity index is 584. The standard InChI is InChI=1S/C15H15FN2S/c1-11-4-2-7-14(8-11)18-15(19)17-10-12-5-3-6-13(16)9-12/h2-9H,10H2,1H3,(H2,17,18,19). The van der Waals surface area contributed by atoms with Gasteiger partial charge in [0, 0.05) is 12.2 Å². The van der Waals surface area contributed by atoms with Crippen molar-refractivity contribution in [3.05, 3.63) is 65.5 Å². The van der Waals surface area contributed by atoms with E-state index in [1.54, 1.807) is 6.07 Å². The van der Waals surface area contributed by atoms with Gasteiger partial charge in [0.1, 0.15) is 5.82 Å². The molecule has 98 valence electrons. The predicted octanol–water partition coefficient (Wildman–Crippen LogP) is 3.62. The third-order valence-electron chi connectivity index (χ3n) is 2.62. The second-order valence-corrected chi connectivity index (χ2v) is 4.72. The summed E-state index contributed by atoms with van der Waals surface area (Å²) in [5.41, 5.74) is 2.96. The highest BCUT2D eigenvalue weighted by Gasteiger charge is 1.99. The summed E-state index contributed by atoms with van der Waals surface area (Å²) in [6.07, 6.45) is 0. The Balaban J connectivity index is 1.88. The summed E-state index contributed by atoms with van der Waals surface area (Å²) in [6, 6.07) is 14.4. The molecular weight excluding hydrogens is 259 g/mol. The third-order valence-corrected chi connectivity index (χ3v) is 2.86. The minimum Gasteiger partial charge on any atom is -0.358 e. The molecule has 0 saturated carbocycles. The van der Waals surface area contributed by atoms with Crippen LogP contribution in [0.3, 0.4) is 0 Å². The highest BCUT2D eigenvalue weighted by Crippen LogP contribution is 2.09. The molecule has 0 aliphatic rings. The van der Waals surface area contributed by atoms with Crippen molar-refractivity contribution in [2.45, 2.75) is 13.5 Å². The van der Waals surface area contributed by atoms with Gasteiger partial charge >= 0.3 is 0 Å². The molecule has 0 radical (unpaired) electrons. The zero-order valence-corrected chi connectivity index (χ0v) is 11.4. The molecule has 0 aliphatic heterocycles. The molecule has 2 N–H and O–H groups in total. The minimum atomic E-state index is -0.239. The maximum atomic E-state index is 13.0. The SMILES string of the molecule is Cc1cccc(NC(=S)NCc2cccc(F)c2)c1. The van der Waals surface area contributed by atoms with Gasteiger partial charge in [0.15, 0.2) is 5.11 Å². The van der Waals surface area contributed by atoms with E-state index in [0.717, 1.165) is 16.8 Å². The summed E-state index contributed by atoms with van der Waals surface area (Å²) in [5, 5.41) is 6.66. The van der Waals surface area contributed by atoms with E-state index in [0.29, 0.717) is 11.7 Å². The molecule has 0 saturated heterocycles. The van der Waals surface area contributed by atoms with Crippen molar-refractivity contribution >= 4 is 23.0 Å². The van der Waals surface area contributed by atoms with Gasteiger partial charge in [-0.05, 0) is 54.5 Å². The van der Waals surface area contributed by atoms with Crippen LogP contribution in [0.5, 0.6) is 0 Å². The Labute approximate surface area is 117 Å². The molecule has 0 atom stereocenters. The molecule has 4 heteroatoms. The van der Waals surface area contributed by atoms with E-state index in [2.05, 4.69) is 10.6 Å². The first-order valence-corrected chi connectivity index (χ1v) is 6.40. The highest BCUT2D eigenvalue weighted by molar-refractivity contribution is 7.80. The van der Waals surface area contributed by atoms with Crippen LogP contribution in [0.15, 0.2) is 48.5 Å². The molecule has 0 fully saturated rings. The Morgan fingerprint density at radius 2 is 1.95 bits per heavy atom. The van der Waals surface area contributed by atoms with Gasteiger partial charge in [-0.3, -0.25) is 0 Å². The van der Waals surface area contributed by atoms with E-state index in [1.807, 2.05) is 37.3 Å². The van der Waals surface area contributed by atoms with E-state index >= 15 is 0 Å². The molecule has 0 bridgehead atoms. The molecule has 0 heterocycles. The van der Waals surface area contributed by atoms with Gasteiger partial charge in [-0.1, -0.05) is 24.3 Å². The number of halogens is 1. The Hall–Kier alpha value is -1.94. The largest absolute Gasteiger partial charge is 0.358 e. The summed E-state index contributed by atoms with van der Waals surface area (Å²) in [4.78, 5) is 0. The minimum absolute atomic E-state index is 0.239. The molecule has 0 unspecified atom stereocenters. The van der Waals surface area contributed by atoms with E-state index in [-0.39, 0.29) is 5.82 Å². The first kappa shape index (κ1) is 13.5. The van der Waals surface area contributed by atoms with Crippen molar-refractivity contribution in [2.75, 3.05) is 5.32 Å². The Morgan fingerprint density at radius 1 is 1.16 bits per heavy atom. The summed E-state index contributed by atoms with van der Waals surface area (Å²) in [5.74, 6) is -0.239. The molecule has 2 aromatic rings. The molecule has 2 aromatic carbocycles. The predicted molar refractivity (Wildman–Crippen MR) is 80.6 cm³/mol. The summed E-state index contributed by atoms with van der Waals surface area (Å²) in [7, 11) is 0. The maximum absolute atomic E-state index is 13.0. The molecular formula is C15H15FN2S. The lowest BCUT2D eigenvalue weighted by Crippen LogP contribution is -2.27. The zero-order valence-electron chi connectivity index (χ0n) is 10.6. The zero-order chi connectivity index (χ0) is 13.7. The van der Waals surface area contributed by atoms with Crippen molar-refractivity contribution in [3.8, 4) is 0 Å². The van der Waals surface area contributed by atoms with Crippen LogP contribution in [0.2, 0.25) is 0 Å². The summed E-state index contributed by atoms with van der Waals surface area (Å²) < 4.78 is 13.0. The highest BCUT2D eigenvalue weighted by atomic mass is 32.1. The van der Waals surface area contributed by atoms with Crippen LogP contribution in [0, 0.1) is 12.7 Å². The topological polar surface area (TPSA) is 24.1 Å². The fourth-order valence-corrected chi connectivity index (χ4v) is 1.92. The average molecular weight is 274 g/mol. The van der Waals surface area contributed by atoms with E-state index < -0.39 is 0 Å². The van der Waals surface area contributed by atoms with Crippen LogP contribution in [-0.2, 0) is 6.54 Å². The fraction of sp³-hybridized carbons (Fsp3) is 0.133. The van der Waals surface area contributed by atoms with Gasteiger partial charge < -0.3 is 10.6 Å². The number of nitrogens with one attached hydrogen (secondary N) is 2. The van der Waals surface area contributed by atoms with E-state index in [9.17, 15) is 4.39 Å². The van der Waals surface area contributed by atoms with Crippen molar-refractivity contribution in [2.24, 2.45) is 0 Å². The van der Waals surface area contributed by atoms with Crippen LogP contribution in [-0.4, -0.2) is 5.11 Å². The molecule has 0 spiro atoms. The molecule has 0 amide bonds. The van der Waals surface area contributed by atoms with Crippen molar-refractivity contribution < 1.29 is 4.39 Å². The number of hydrogen-bond acceptors (Lipinski definition) is 1. The number of anilines is 1. The normalized spacial score (nSPS) is 10.0. The second-order valence-electron chi connectivity index (χ2n) is 4.31. The second kappa shape index (κ2) is 6.29. The smallest absolute Gasteiger partial charge is 0.171 e. The van der Waals surface area contributed by atoms with Gasteiger partial charge in [0.25, 0.3) is 0 Å². The van der Waals surface area contributed by atoms with E-state index in [4.69, 9.17) is 12.2 Å². The van der Waals surface area contributed by atoms with Gasteiger partial charge in [0.05, 0.1) is 0 Å². The van der Waals surface area contributed by atoms with Gasteiger partial charge in [-0.25, -0.2) is 4.39 Å². The lowest BCUT2D eigenvalue weighted by Gasteiger charge is -2.11. The van der Waals surface area contributed by atoms with Crippen molar-refractivity contribution in [1.29, 1.82) is 0 Å². The first-order chi connectivity index (χ1) is 9.13. The number of hydrogen-bond donors (Lipinski definition) is 2. The van der Waals surface area contributed by atoms with Crippen LogP contribution in [0.4, 0.5) is 10.1 Å². The van der Waals surface area contributed by atoms with Crippen LogP contribution < -0.4 is 10.6 Å². The molecule has 2 rings (SSSR count). The molecule has 19 heavy (non-hydrogen) atoms. The fourth-order valence-electron chi connectivity index (χ4n) is 1.73. The van der Waals surface area contributed by atoms with E-state index in [1.165, 1.54) is 12.1 Å². The molecule has 0 aliphatic carbocycles. The van der Waals surface area contributed by atoms with Crippen LogP contribution in [0.25, 0.3) is 0 Å². The molecule has 2 nitrogen and oxygen atoms in total. The lowest BCUT2D eigenvalue weighted by atomic mass is 10.2. The third kappa shape index (κ3) is 4.34. The maximum Gasteiger partial charge on any atom is 0.171 e. The van der Waals surface area contributed by atoms with Crippen molar-refractivity contribution in [1.82, 2.24) is 5.32 Å². The number of thiocarbonyl (C=S) groups is 1.